The lowest BCUT2D eigenvalue weighted by atomic mass is 9.87. The van der Waals surface area contributed by atoms with Crippen LogP contribution in [-0.4, -0.2) is 10.9 Å². The maximum atomic E-state index is 14.0. The lowest BCUT2D eigenvalue weighted by Crippen LogP contribution is -2.25. The molecule has 0 saturated carbocycles. The monoisotopic (exact) mass is 418 g/mol. The minimum absolute atomic E-state index is 0.153. The van der Waals surface area contributed by atoms with Gasteiger partial charge >= 0.3 is 0 Å². The van der Waals surface area contributed by atoms with Crippen LogP contribution in [0.3, 0.4) is 0 Å². The summed E-state index contributed by atoms with van der Waals surface area (Å²) >= 11 is 0. The number of benzene rings is 3. The number of aromatic amines is 1. The minimum Gasteiger partial charge on any atom is -0.361 e. The van der Waals surface area contributed by atoms with Crippen molar-refractivity contribution in [2.45, 2.75) is 32.2 Å². The molecule has 0 aliphatic heterocycles. The summed E-state index contributed by atoms with van der Waals surface area (Å²) < 4.78 is 27.1. The van der Waals surface area contributed by atoms with Crippen molar-refractivity contribution >= 4 is 16.8 Å². The van der Waals surface area contributed by atoms with Gasteiger partial charge in [0.2, 0.25) is 5.91 Å². The van der Waals surface area contributed by atoms with Gasteiger partial charge < -0.3 is 10.3 Å². The Hall–Kier alpha value is -3.47. The zero-order chi connectivity index (χ0) is 21.8. The SMILES string of the molecule is CCc1cccc2c(C(CC(=O)NCc3ccc(F)cc3)c3cccc(F)c3)c[nH]c12. The third-order valence-electron chi connectivity index (χ3n) is 5.63. The number of halogens is 2. The standard InChI is InChI=1S/C26H24F2N2O/c1-2-18-5-4-8-22-24(16-30-26(18)22)23(19-6-3-7-21(28)13-19)14-25(31)29-15-17-9-11-20(27)12-10-17/h3-13,16,23,30H,2,14-15H2,1H3,(H,29,31). The molecular formula is C26H24F2N2O. The summed E-state index contributed by atoms with van der Waals surface area (Å²) in [7, 11) is 0. The molecule has 1 atom stereocenters. The van der Waals surface area contributed by atoms with E-state index in [-0.39, 0.29) is 29.9 Å². The highest BCUT2D eigenvalue weighted by molar-refractivity contribution is 5.88. The molecular weight excluding hydrogens is 394 g/mol. The van der Waals surface area contributed by atoms with Gasteiger partial charge in [0.1, 0.15) is 11.6 Å². The number of fused-ring (bicyclic) bond motifs is 1. The van der Waals surface area contributed by atoms with Gasteiger partial charge in [0, 0.05) is 36.0 Å². The van der Waals surface area contributed by atoms with Crippen LogP contribution < -0.4 is 5.32 Å². The summed E-state index contributed by atoms with van der Waals surface area (Å²) in [6, 6.07) is 18.6. The number of para-hydroxylation sites is 1. The van der Waals surface area contributed by atoms with Crippen molar-refractivity contribution in [1.82, 2.24) is 10.3 Å². The lowest BCUT2D eigenvalue weighted by molar-refractivity contribution is -0.121. The van der Waals surface area contributed by atoms with Gasteiger partial charge in [-0.3, -0.25) is 4.79 Å². The van der Waals surface area contributed by atoms with Crippen LogP contribution in [0.2, 0.25) is 0 Å². The Morgan fingerprint density at radius 1 is 1.00 bits per heavy atom. The summed E-state index contributed by atoms with van der Waals surface area (Å²) in [6.07, 6.45) is 2.99. The number of H-pyrrole nitrogens is 1. The van der Waals surface area contributed by atoms with Gasteiger partial charge in [-0.1, -0.05) is 49.4 Å². The summed E-state index contributed by atoms with van der Waals surface area (Å²) in [5.74, 6) is -1.10. The van der Waals surface area contributed by atoms with E-state index in [1.165, 1.54) is 29.8 Å². The fraction of sp³-hybridized carbons (Fsp3) is 0.192. The summed E-state index contributed by atoms with van der Waals surface area (Å²) in [5.41, 5.74) is 4.78. The van der Waals surface area contributed by atoms with Crippen LogP contribution in [0, 0.1) is 11.6 Å². The number of hydrogen-bond acceptors (Lipinski definition) is 1. The van der Waals surface area contributed by atoms with Crippen molar-refractivity contribution in [3.63, 3.8) is 0 Å². The molecule has 0 spiro atoms. The predicted molar refractivity (Wildman–Crippen MR) is 119 cm³/mol. The molecule has 31 heavy (non-hydrogen) atoms. The van der Waals surface area contributed by atoms with Crippen molar-refractivity contribution in [1.29, 1.82) is 0 Å². The molecule has 158 valence electrons. The zero-order valence-electron chi connectivity index (χ0n) is 17.3. The van der Waals surface area contributed by atoms with Gasteiger partial charge in [-0.15, -0.1) is 0 Å². The summed E-state index contributed by atoms with van der Waals surface area (Å²) in [5, 5.41) is 3.94. The number of aryl methyl sites for hydroxylation is 1. The highest BCUT2D eigenvalue weighted by atomic mass is 19.1. The maximum absolute atomic E-state index is 14.0. The number of hydrogen-bond donors (Lipinski definition) is 2. The molecule has 1 unspecified atom stereocenters. The van der Waals surface area contributed by atoms with Crippen molar-refractivity contribution < 1.29 is 13.6 Å². The predicted octanol–water partition coefficient (Wildman–Crippen LogP) is 5.85. The second-order valence-corrected chi connectivity index (χ2v) is 7.65. The third kappa shape index (κ3) is 4.66. The van der Waals surface area contributed by atoms with Gasteiger partial charge in [-0.2, -0.15) is 0 Å². The molecule has 1 amide bonds. The van der Waals surface area contributed by atoms with E-state index in [1.807, 2.05) is 24.4 Å². The first kappa shape index (κ1) is 20.8. The van der Waals surface area contributed by atoms with E-state index in [0.29, 0.717) is 6.54 Å². The first-order chi connectivity index (χ1) is 15.0. The quantitative estimate of drug-likeness (QED) is 0.389. The maximum Gasteiger partial charge on any atom is 0.221 e. The van der Waals surface area contributed by atoms with E-state index >= 15 is 0 Å². The normalized spacial score (nSPS) is 12.1. The van der Waals surface area contributed by atoms with Gasteiger partial charge in [0.25, 0.3) is 0 Å². The molecule has 2 N–H and O–H groups in total. The van der Waals surface area contributed by atoms with Gasteiger partial charge in [-0.25, -0.2) is 8.78 Å². The van der Waals surface area contributed by atoms with E-state index in [9.17, 15) is 13.6 Å². The van der Waals surface area contributed by atoms with Crippen LogP contribution in [0.4, 0.5) is 8.78 Å². The average Bonchev–Trinajstić information content (AvgIpc) is 3.21. The van der Waals surface area contributed by atoms with Crippen LogP contribution in [0.1, 0.15) is 41.5 Å². The van der Waals surface area contributed by atoms with Crippen LogP contribution >= 0.6 is 0 Å². The van der Waals surface area contributed by atoms with Gasteiger partial charge in [0.15, 0.2) is 0 Å². The number of carbonyl (C=O) groups excluding carboxylic acids is 1. The van der Waals surface area contributed by atoms with Crippen molar-refractivity contribution in [3.05, 3.63) is 107 Å². The molecule has 0 aliphatic rings. The Bertz CT molecular complexity index is 1200. The molecule has 1 aromatic heterocycles. The minimum atomic E-state index is -0.330. The summed E-state index contributed by atoms with van der Waals surface area (Å²) in [6.45, 7) is 2.41. The molecule has 0 fully saturated rings. The third-order valence-corrected chi connectivity index (χ3v) is 5.63. The first-order valence-corrected chi connectivity index (χ1v) is 10.4. The topological polar surface area (TPSA) is 44.9 Å². The van der Waals surface area contributed by atoms with Crippen LogP contribution in [-0.2, 0) is 17.8 Å². The van der Waals surface area contributed by atoms with E-state index in [2.05, 4.69) is 23.3 Å². The first-order valence-electron chi connectivity index (χ1n) is 10.4. The fourth-order valence-electron chi connectivity index (χ4n) is 4.01. The molecule has 3 nitrogen and oxygen atoms in total. The number of nitrogens with one attached hydrogen (secondary N) is 2. The van der Waals surface area contributed by atoms with E-state index in [1.54, 1.807) is 18.2 Å². The van der Waals surface area contributed by atoms with Crippen LogP contribution in [0.5, 0.6) is 0 Å². The smallest absolute Gasteiger partial charge is 0.221 e. The second-order valence-electron chi connectivity index (χ2n) is 7.65. The molecule has 0 saturated heterocycles. The molecule has 0 aliphatic carbocycles. The molecule has 4 rings (SSSR count). The number of rotatable bonds is 7. The Morgan fingerprint density at radius 3 is 2.52 bits per heavy atom. The van der Waals surface area contributed by atoms with Gasteiger partial charge in [-0.05, 0) is 52.9 Å². The van der Waals surface area contributed by atoms with E-state index < -0.39 is 0 Å². The molecule has 0 bridgehead atoms. The second kappa shape index (κ2) is 9.13. The Balaban J connectivity index is 1.62. The fourth-order valence-corrected chi connectivity index (χ4v) is 4.01. The molecule has 4 aromatic rings. The molecule has 5 heteroatoms. The largest absolute Gasteiger partial charge is 0.361 e. The Labute approximate surface area is 180 Å². The molecule has 3 aromatic carbocycles. The van der Waals surface area contributed by atoms with Gasteiger partial charge in [0.05, 0.1) is 0 Å². The average molecular weight is 418 g/mol. The highest BCUT2D eigenvalue weighted by Crippen LogP contribution is 2.34. The van der Waals surface area contributed by atoms with Crippen LogP contribution in [0.25, 0.3) is 10.9 Å². The van der Waals surface area contributed by atoms with E-state index in [4.69, 9.17) is 0 Å². The zero-order valence-corrected chi connectivity index (χ0v) is 17.3. The summed E-state index contributed by atoms with van der Waals surface area (Å²) in [4.78, 5) is 16.2. The number of carbonyl (C=O) groups is 1. The van der Waals surface area contributed by atoms with Crippen molar-refractivity contribution in [3.8, 4) is 0 Å². The van der Waals surface area contributed by atoms with Crippen molar-refractivity contribution in [2.75, 3.05) is 0 Å². The van der Waals surface area contributed by atoms with Crippen molar-refractivity contribution in [2.24, 2.45) is 0 Å². The van der Waals surface area contributed by atoms with Crippen LogP contribution in [0.15, 0.2) is 72.9 Å². The highest BCUT2D eigenvalue weighted by Gasteiger charge is 2.22. The molecule has 1 heterocycles. The number of amides is 1. The van der Waals surface area contributed by atoms with E-state index in [0.717, 1.165) is 34.0 Å². The lowest BCUT2D eigenvalue weighted by Gasteiger charge is -2.18. The Kier molecular flexibility index (Phi) is 6.12. The molecule has 0 radical (unpaired) electrons. The number of aromatic nitrogens is 1. The Morgan fingerprint density at radius 2 is 1.77 bits per heavy atom.